The highest BCUT2D eigenvalue weighted by Crippen LogP contribution is 2.29. The summed E-state index contributed by atoms with van der Waals surface area (Å²) < 4.78 is 5.03. The zero-order valence-electron chi connectivity index (χ0n) is 16.4. The first kappa shape index (κ1) is 18.9. The van der Waals surface area contributed by atoms with E-state index in [4.69, 9.17) is 4.52 Å². The molecule has 1 atom stereocenters. The molecule has 2 heterocycles. The van der Waals surface area contributed by atoms with Crippen LogP contribution in [0.2, 0.25) is 0 Å². The first-order valence-electron chi connectivity index (χ1n) is 9.65. The molecule has 1 aliphatic rings. The van der Waals surface area contributed by atoms with E-state index < -0.39 is 5.92 Å². The number of hydrogen-bond acceptors (Lipinski definition) is 5. The van der Waals surface area contributed by atoms with Crippen molar-refractivity contribution in [2.45, 2.75) is 26.7 Å². The van der Waals surface area contributed by atoms with Crippen molar-refractivity contribution in [3.05, 3.63) is 60.0 Å². The third-order valence-corrected chi connectivity index (χ3v) is 5.10. The van der Waals surface area contributed by atoms with Gasteiger partial charge in [0.1, 0.15) is 0 Å². The van der Waals surface area contributed by atoms with Crippen LogP contribution in [0.25, 0.3) is 11.4 Å². The molecule has 0 aliphatic carbocycles. The van der Waals surface area contributed by atoms with Gasteiger partial charge in [0.05, 0.1) is 5.92 Å². The predicted octanol–water partition coefficient (Wildman–Crippen LogP) is 3.60. The molecule has 1 aromatic heterocycles. The number of carbonyl (C=O) groups excluding carboxylic acids is 2. The Morgan fingerprint density at radius 1 is 1.24 bits per heavy atom. The van der Waals surface area contributed by atoms with Gasteiger partial charge in [-0.05, 0) is 30.2 Å². The van der Waals surface area contributed by atoms with Gasteiger partial charge in [0.15, 0.2) is 0 Å². The Balaban J connectivity index is 1.50. The standard InChI is InChI=1S/C22H22N4O3/c1-3-15-7-4-5-10-19(15)24-22(28)17-12-20(27)26(13-17)18-9-6-8-16(11-18)21-23-14(2)29-25-21/h4-11,17H,3,12-13H2,1-2H3,(H,24,28). The zero-order valence-corrected chi connectivity index (χ0v) is 16.4. The molecule has 1 aliphatic heterocycles. The molecule has 1 unspecified atom stereocenters. The van der Waals surface area contributed by atoms with Crippen molar-refractivity contribution in [2.24, 2.45) is 5.92 Å². The molecule has 148 valence electrons. The minimum atomic E-state index is -0.400. The highest BCUT2D eigenvalue weighted by molar-refractivity contribution is 6.03. The highest BCUT2D eigenvalue weighted by Gasteiger charge is 2.35. The lowest BCUT2D eigenvalue weighted by molar-refractivity contribution is -0.122. The van der Waals surface area contributed by atoms with Crippen LogP contribution in [0.15, 0.2) is 53.1 Å². The van der Waals surface area contributed by atoms with Crippen LogP contribution in [0.4, 0.5) is 11.4 Å². The second-order valence-electron chi connectivity index (χ2n) is 7.09. The summed E-state index contributed by atoms with van der Waals surface area (Å²) in [5, 5.41) is 6.91. The summed E-state index contributed by atoms with van der Waals surface area (Å²) in [4.78, 5) is 31.3. The van der Waals surface area contributed by atoms with E-state index in [1.807, 2.05) is 55.5 Å². The lowest BCUT2D eigenvalue weighted by Gasteiger charge is -2.17. The number of rotatable bonds is 5. The summed E-state index contributed by atoms with van der Waals surface area (Å²) in [6.45, 7) is 4.11. The number of hydrogen-bond donors (Lipinski definition) is 1. The molecule has 1 N–H and O–H groups in total. The van der Waals surface area contributed by atoms with Crippen molar-refractivity contribution in [1.82, 2.24) is 10.1 Å². The Labute approximate surface area is 168 Å². The van der Waals surface area contributed by atoms with E-state index in [0.29, 0.717) is 18.3 Å². The number of carbonyl (C=O) groups is 2. The lowest BCUT2D eigenvalue weighted by Crippen LogP contribution is -2.28. The maximum Gasteiger partial charge on any atom is 0.229 e. The van der Waals surface area contributed by atoms with Gasteiger partial charge in [0.25, 0.3) is 0 Å². The van der Waals surface area contributed by atoms with Gasteiger partial charge in [-0.2, -0.15) is 4.98 Å². The molecule has 7 heteroatoms. The van der Waals surface area contributed by atoms with Gasteiger partial charge in [0, 0.05) is 36.8 Å². The third kappa shape index (κ3) is 3.89. The second-order valence-corrected chi connectivity index (χ2v) is 7.09. The van der Waals surface area contributed by atoms with Gasteiger partial charge in [-0.3, -0.25) is 9.59 Å². The first-order chi connectivity index (χ1) is 14.0. The largest absolute Gasteiger partial charge is 0.339 e. The Morgan fingerprint density at radius 2 is 2.07 bits per heavy atom. The van der Waals surface area contributed by atoms with Crippen molar-refractivity contribution in [3.63, 3.8) is 0 Å². The minimum absolute atomic E-state index is 0.0737. The molecule has 0 spiro atoms. The first-order valence-corrected chi connectivity index (χ1v) is 9.65. The van der Waals surface area contributed by atoms with Crippen molar-refractivity contribution in [2.75, 3.05) is 16.8 Å². The number of para-hydroxylation sites is 1. The van der Waals surface area contributed by atoms with Crippen molar-refractivity contribution in [3.8, 4) is 11.4 Å². The van der Waals surface area contributed by atoms with E-state index in [2.05, 4.69) is 15.5 Å². The SMILES string of the molecule is CCc1ccccc1NC(=O)C1CC(=O)N(c2cccc(-c3noc(C)n3)c2)C1. The number of anilines is 2. The molecule has 0 radical (unpaired) electrons. The fraction of sp³-hybridized carbons (Fsp3) is 0.273. The summed E-state index contributed by atoms with van der Waals surface area (Å²) in [5.41, 5.74) is 3.36. The third-order valence-electron chi connectivity index (χ3n) is 5.10. The zero-order chi connectivity index (χ0) is 20.4. The van der Waals surface area contributed by atoms with Crippen LogP contribution in [-0.2, 0) is 16.0 Å². The molecule has 29 heavy (non-hydrogen) atoms. The van der Waals surface area contributed by atoms with Crippen molar-refractivity contribution < 1.29 is 14.1 Å². The maximum absolute atomic E-state index is 12.8. The Morgan fingerprint density at radius 3 is 2.83 bits per heavy atom. The Bertz CT molecular complexity index is 1060. The number of amides is 2. The molecule has 2 aromatic carbocycles. The maximum atomic E-state index is 12.8. The molecule has 2 amide bonds. The summed E-state index contributed by atoms with van der Waals surface area (Å²) in [6.07, 6.45) is 1.01. The fourth-order valence-electron chi connectivity index (χ4n) is 3.55. The van der Waals surface area contributed by atoms with Gasteiger partial charge >= 0.3 is 0 Å². The van der Waals surface area contributed by atoms with Crippen molar-refractivity contribution in [1.29, 1.82) is 0 Å². The van der Waals surface area contributed by atoms with Crippen LogP contribution in [0.5, 0.6) is 0 Å². The monoisotopic (exact) mass is 390 g/mol. The number of aromatic nitrogens is 2. The van der Waals surface area contributed by atoms with E-state index >= 15 is 0 Å². The van der Waals surface area contributed by atoms with Crippen LogP contribution >= 0.6 is 0 Å². The van der Waals surface area contributed by atoms with Crippen LogP contribution in [0, 0.1) is 12.8 Å². The van der Waals surface area contributed by atoms with Crippen LogP contribution < -0.4 is 10.2 Å². The van der Waals surface area contributed by atoms with Gasteiger partial charge in [0.2, 0.25) is 23.5 Å². The van der Waals surface area contributed by atoms with E-state index in [1.54, 1.807) is 11.8 Å². The summed E-state index contributed by atoms with van der Waals surface area (Å²) in [6, 6.07) is 15.1. The second kappa shape index (κ2) is 7.87. The predicted molar refractivity (Wildman–Crippen MR) is 109 cm³/mol. The molecular weight excluding hydrogens is 368 g/mol. The molecule has 0 bridgehead atoms. The van der Waals surface area contributed by atoms with Gasteiger partial charge in [-0.25, -0.2) is 0 Å². The quantitative estimate of drug-likeness (QED) is 0.719. The Hall–Kier alpha value is -3.48. The minimum Gasteiger partial charge on any atom is -0.339 e. The Kier molecular flexibility index (Phi) is 5.12. The van der Waals surface area contributed by atoms with Crippen LogP contribution in [0.1, 0.15) is 24.8 Å². The van der Waals surface area contributed by atoms with E-state index in [9.17, 15) is 9.59 Å². The van der Waals surface area contributed by atoms with Crippen LogP contribution in [-0.4, -0.2) is 28.5 Å². The molecular formula is C22H22N4O3. The topological polar surface area (TPSA) is 88.3 Å². The summed E-state index contributed by atoms with van der Waals surface area (Å²) in [7, 11) is 0. The number of aryl methyl sites for hydroxylation is 2. The molecule has 0 saturated carbocycles. The highest BCUT2D eigenvalue weighted by atomic mass is 16.5. The molecule has 1 saturated heterocycles. The van der Waals surface area contributed by atoms with Gasteiger partial charge in [-0.15, -0.1) is 0 Å². The number of nitrogens with zero attached hydrogens (tertiary/aromatic N) is 3. The van der Waals surface area contributed by atoms with E-state index in [1.165, 1.54) is 0 Å². The average Bonchev–Trinajstić information content (AvgIpc) is 3.34. The van der Waals surface area contributed by atoms with Gasteiger partial charge < -0.3 is 14.7 Å². The van der Waals surface area contributed by atoms with Gasteiger partial charge in [-0.1, -0.05) is 42.4 Å². The molecule has 4 rings (SSSR count). The number of benzene rings is 2. The lowest BCUT2D eigenvalue weighted by atomic mass is 10.1. The van der Waals surface area contributed by atoms with Crippen molar-refractivity contribution >= 4 is 23.2 Å². The summed E-state index contributed by atoms with van der Waals surface area (Å²) >= 11 is 0. The smallest absolute Gasteiger partial charge is 0.229 e. The summed E-state index contributed by atoms with van der Waals surface area (Å²) in [5.74, 6) is 0.346. The molecule has 1 fully saturated rings. The molecule has 3 aromatic rings. The molecule has 7 nitrogen and oxygen atoms in total. The van der Waals surface area contributed by atoms with E-state index in [0.717, 1.165) is 28.9 Å². The number of nitrogens with one attached hydrogen (secondary N) is 1. The average molecular weight is 390 g/mol. The normalized spacial score (nSPS) is 16.3. The van der Waals surface area contributed by atoms with Crippen LogP contribution in [0.3, 0.4) is 0 Å². The van der Waals surface area contributed by atoms with E-state index in [-0.39, 0.29) is 18.2 Å². The fourth-order valence-corrected chi connectivity index (χ4v) is 3.55.